The first kappa shape index (κ1) is 18.0. The van der Waals surface area contributed by atoms with E-state index >= 15 is 0 Å². The smallest absolute Gasteiger partial charge is 0.336 e. The van der Waals surface area contributed by atoms with Gasteiger partial charge in [0.05, 0.1) is 22.8 Å². The summed E-state index contributed by atoms with van der Waals surface area (Å²) < 4.78 is 5.07. The molecule has 0 spiro atoms. The molecular formula is C18H12Cl2N2O4. The van der Waals surface area contributed by atoms with Crippen molar-refractivity contribution >= 4 is 52.8 Å². The highest BCUT2D eigenvalue weighted by Crippen LogP contribution is 2.34. The molecule has 0 atom stereocenters. The van der Waals surface area contributed by atoms with Crippen molar-refractivity contribution in [2.75, 3.05) is 12.0 Å². The third kappa shape index (κ3) is 3.29. The monoisotopic (exact) mass is 390 g/mol. The summed E-state index contributed by atoms with van der Waals surface area (Å²) in [6.45, 7) is 0. The summed E-state index contributed by atoms with van der Waals surface area (Å²) in [6, 6.07) is 10.4. The number of urea groups is 1. The number of carbonyl (C=O) groups excluding carboxylic acids is 3. The standard InChI is InChI=1S/C18H12Cl2N2O4/c1-26-11-7-5-10(6-8-11)9-12-16(23)21-18(25)22(17(12)24)14-4-2-3-13(19)15(14)20/h2-9H,1H3,(H,21,23,25)/b12-9-. The molecule has 1 heterocycles. The molecule has 1 fully saturated rings. The first-order valence-corrected chi connectivity index (χ1v) is 8.17. The van der Waals surface area contributed by atoms with Crippen molar-refractivity contribution in [1.29, 1.82) is 0 Å². The zero-order valence-corrected chi connectivity index (χ0v) is 15.0. The number of nitrogens with one attached hydrogen (secondary N) is 1. The first-order chi connectivity index (χ1) is 12.4. The quantitative estimate of drug-likeness (QED) is 0.640. The molecule has 0 aromatic heterocycles. The van der Waals surface area contributed by atoms with Crippen molar-refractivity contribution in [1.82, 2.24) is 5.32 Å². The fourth-order valence-corrected chi connectivity index (χ4v) is 2.79. The van der Waals surface area contributed by atoms with Gasteiger partial charge in [0.1, 0.15) is 11.3 Å². The van der Waals surface area contributed by atoms with Gasteiger partial charge in [0, 0.05) is 0 Å². The van der Waals surface area contributed by atoms with Gasteiger partial charge in [-0.15, -0.1) is 0 Å². The molecule has 0 bridgehead atoms. The average Bonchev–Trinajstić information content (AvgIpc) is 2.62. The van der Waals surface area contributed by atoms with Gasteiger partial charge in [-0.2, -0.15) is 0 Å². The van der Waals surface area contributed by atoms with Crippen molar-refractivity contribution in [2.24, 2.45) is 0 Å². The Morgan fingerprint density at radius 3 is 2.38 bits per heavy atom. The number of hydrogen-bond donors (Lipinski definition) is 1. The van der Waals surface area contributed by atoms with Crippen molar-refractivity contribution in [3.63, 3.8) is 0 Å². The van der Waals surface area contributed by atoms with Crippen LogP contribution in [0.1, 0.15) is 5.56 Å². The van der Waals surface area contributed by atoms with Crippen LogP contribution in [0.4, 0.5) is 10.5 Å². The summed E-state index contributed by atoms with van der Waals surface area (Å²) in [5, 5.41) is 2.35. The summed E-state index contributed by atoms with van der Waals surface area (Å²) in [5.74, 6) is -0.946. The second-order valence-corrected chi connectivity index (χ2v) is 6.09. The Balaban J connectivity index is 2.02. The summed E-state index contributed by atoms with van der Waals surface area (Å²) in [4.78, 5) is 37.9. The van der Waals surface area contributed by atoms with Crippen molar-refractivity contribution in [3.8, 4) is 5.75 Å². The van der Waals surface area contributed by atoms with E-state index in [4.69, 9.17) is 27.9 Å². The van der Waals surface area contributed by atoms with Crippen LogP contribution in [-0.2, 0) is 9.59 Å². The van der Waals surface area contributed by atoms with Crippen LogP contribution in [0.25, 0.3) is 6.08 Å². The van der Waals surface area contributed by atoms with E-state index in [2.05, 4.69) is 5.32 Å². The molecular weight excluding hydrogens is 379 g/mol. The summed E-state index contributed by atoms with van der Waals surface area (Å²) in [5.41, 5.74) is 0.483. The van der Waals surface area contributed by atoms with Gasteiger partial charge in [-0.3, -0.25) is 14.9 Å². The molecule has 8 heteroatoms. The maximum atomic E-state index is 12.8. The lowest BCUT2D eigenvalue weighted by Gasteiger charge is -2.27. The molecule has 0 radical (unpaired) electrons. The van der Waals surface area contributed by atoms with Crippen molar-refractivity contribution < 1.29 is 19.1 Å². The number of imide groups is 2. The fourth-order valence-electron chi connectivity index (χ4n) is 2.41. The van der Waals surface area contributed by atoms with Gasteiger partial charge >= 0.3 is 6.03 Å². The second-order valence-electron chi connectivity index (χ2n) is 5.30. The Hall–Kier alpha value is -2.83. The van der Waals surface area contributed by atoms with E-state index in [0.29, 0.717) is 11.3 Å². The lowest BCUT2D eigenvalue weighted by atomic mass is 10.1. The number of barbiturate groups is 1. The van der Waals surface area contributed by atoms with Crippen LogP contribution in [0.15, 0.2) is 48.0 Å². The number of nitrogens with zero attached hydrogens (tertiary/aromatic N) is 1. The molecule has 1 N–H and O–H groups in total. The maximum absolute atomic E-state index is 12.8. The van der Waals surface area contributed by atoms with Gasteiger partial charge in [-0.25, -0.2) is 9.69 Å². The van der Waals surface area contributed by atoms with E-state index in [9.17, 15) is 14.4 Å². The van der Waals surface area contributed by atoms with Crippen LogP contribution in [0.5, 0.6) is 5.75 Å². The van der Waals surface area contributed by atoms with Gasteiger partial charge in [0.15, 0.2) is 0 Å². The van der Waals surface area contributed by atoms with Crippen LogP contribution in [0.3, 0.4) is 0 Å². The van der Waals surface area contributed by atoms with Gasteiger partial charge < -0.3 is 4.74 Å². The van der Waals surface area contributed by atoms with E-state index < -0.39 is 17.8 Å². The Morgan fingerprint density at radius 1 is 1.04 bits per heavy atom. The molecule has 0 saturated carbocycles. The number of rotatable bonds is 3. The molecule has 4 amide bonds. The molecule has 2 aromatic carbocycles. The van der Waals surface area contributed by atoms with E-state index in [1.807, 2.05) is 0 Å². The summed E-state index contributed by atoms with van der Waals surface area (Å²) in [7, 11) is 1.53. The van der Waals surface area contributed by atoms with E-state index in [1.165, 1.54) is 25.3 Å². The summed E-state index contributed by atoms with van der Waals surface area (Å²) in [6.07, 6.45) is 1.38. The average molecular weight is 391 g/mol. The largest absolute Gasteiger partial charge is 0.497 e. The number of methoxy groups -OCH3 is 1. The van der Waals surface area contributed by atoms with Crippen LogP contribution >= 0.6 is 23.2 Å². The van der Waals surface area contributed by atoms with Crippen LogP contribution in [0.2, 0.25) is 10.0 Å². The second kappa shape index (κ2) is 7.19. The Kier molecular flexibility index (Phi) is 4.97. The highest BCUT2D eigenvalue weighted by Gasteiger charge is 2.37. The molecule has 6 nitrogen and oxygen atoms in total. The molecule has 2 aromatic rings. The molecule has 1 aliphatic heterocycles. The molecule has 1 aliphatic rings. The minimum atomic E-state index is -0.893. The fraction of sp³-hybridized carbons (Fsp3) is 0.0556. The molecule has 0 aliphatic carbocycles. The van der Waals surface area contributed by atoms with Crippen LogP contribution in [0, 0.1) is 0 Å². The SMILES string of the molecule is COc1ccc(/C=C2/C(=O)NC(=O)N(c3cccc(Cl)c3Cl)C2=O)cc1. The molecule has 132 valence electrons. The molecule has 3 rings (SSSR count). The zero-order chi connectivity index (χ0) is 18.8. The number of carbonyl (C=O) groups is 3. The van der Waals surface area contributed by atoms with Crippen molar-refractivity contribution in [3.05, 3.63) is 63.6 Å². The van der Waals surface area contributed by atoms with Gasteiger partial charge in [0.25, 0.3) is 11.8 Å². The van der Waals surface area contributed by atoms with Crippen molar-refractivity contribution in [2.45, 2.75) is 0 Å². The number of amides is 4. The number of ether oxygens (including phenoxy) is 1. The third-order valence-electron chi connectivity index (χ3n) is 3.70. The predicted octanol–water partition coefficient (Wildman–Crippen LogP) is 3.67. The number of hydrogen-bond acceptors (Lipinski definition) is 4. The molecule has 0 unspecified atom stereocenters. The Morgan fingerprint density at radius 2 is 1.73 bits per heavy atom. The highest BCUT2D eigenvalue weighted by molar-refractivity contribution is 6.46. The normalized spacial score (nSPS) is 16.0. The topological polar surface area (TPSA) is 75.7 Å². The van der Waals surface area contributed by atoms with Gasteiger partial charge in [0.2, 0.25) is 0 Å². The number of halogens is 2. The van der Waals surface area contributed by atoms with Gasteiger partial charge in [-0.1, -0.05) is 41.4 Å². The predicted molar refractivity (Wildman–Crippen MR) is 98.5 cm³/mol. The third-order valence-corrected chi connectivity index (χ3v) is 4.51. The Bertz CT molecular complexity index is 939. The number of benzene rings is 2. The maximum Gasteiger partial charge on any atom is 0.336 e. The lowest BCUT2D eigenvalue weighted by molar-refractivity contribution is -0.122. The minimum absolute atomic E-state index is 0.0378. The molecule has 1 saturated heterocycles. The number of anilines is 1. The highest BCUT2D eigenvalue weighted by atomic mass is 35.5. The van der Waals surface area contributed by atoms with Crippen LogP contribution < -0.4 is 15.0 Å². The lowest BCUT2D eigenvalue weighted by Crippen LogP contribution is -2.54. The molecule has 26 heavy (non-hydrogen) atoms. The summed E-state index contributed by atoms with van der Waals surface area (Å²) >= 11 is 12.1. The van der Waals surface area contributed by atoms with E-state index in [1.54, 1.807) is 30.3 Å². The van der Waals surface area contributed by atoms with E-state index in [-0.39, 0.29) is 21.3 Å². The van der Waals surface area contributed by atoms with Crippen LogP contribution in [-0.4, -0.2) is 25.0 Å². The zero-order valence-electron chi connectivity index (χ0n) is 13.5. The van der Waals surface area contributed by atoms with E-state index in [0.717, 1.165) is 4.90 Å². The first-order valence-electron chi connectivity index (χ1n) is 7.42. The van der Waals surface area contributed by atoms with Gasteiger partial charge in [-0.05, 0) is 35.9 Å². The minimum Gasteiger partial charge on any atom is -0.497 e. The Labute approximate surface area is 158 Å².